The monoisotopic (exact) mass is 545 g/mol. The summed E-state index contributed by atoms with van der Waals surface area (Å²) in [4.78, 5) is 26.2. The summed E-state index contributed by atoms with van der Waals surface area (Å²) in [6.45, 7) is 4.23. The average Bonchev–Trinajstić information content (AvgIpc) is 3.52. The summed E-state index contributed by atoms with van der Waals surface area (Å²) in [7, 11) is 0. The standard InChI is InChI=1S/C25H27N3O6.BrH/c1-17-13-22(27-34-17)26-23(29)15-28-10-7-18(8-11-28)21(14-28)33-24(30)25(31,20-9-12-32-16-20)19-5-3-2-4-6-19;/h2-6,9,12-13,16,18,21,31H,7-8,10-11,14-15H2,1H3;1H/t18?,21?,25-,28?;/m1./s1. The second-order valence-electron chi connectivity index (χ2n) is 9.37. The number of quaternary nitrogens is 1. The zero-order valence-electron chi connectivity index (χ0n) is 19.4. The van der Waals surface area contributed by atoms with Crippen LogP contribution >= 0.6 is 0 Å². The number of esters is 1. The number of amides is 1. The number of aromatic nitrogens is 1. The van der Waals surface area contributed by atoms with Crippen LogP contribution in [-0.4, -0.2) is 58.9 Å². The van der Waals surface area contributed by atoms with Gasteiger partial charge in [-0.05, 0) is 18.6 Å². The fourth-order valence-electron chi connectivity index (χ4n) is 5.26. The lowest BCUT2D eigenvalue weighted by atomic mass is 9.82. The molecule has 2 N–H and O–H groups in total. The van der Waals surface area contributed by atoms with Crippen molar-refractivity contribution in [1.82, 2.24) is 5.16 Å². The molecule has 1 aromatic carbocycles. The first kappa shape index (κ1) is 25.2. The Kier molecular flexibility index (Phi) is 7.16. The first-order valence-electron chi connectivity index (χ1n) is 11.5. The largest absolute Gasteiger partial charge is 1.00 e. The predicted molar refractivity (Wildman–Crippen MR) is 120 cm³/mol. The number of hydrogen-bond acceptors (Lipinski definition) is 7. The lowest BCUT2D eigenvalue weighted by Gasteiger charge is -2.51. The maximum absolute atomic E-state index is 13.5. The zero-order chi connectivity index (χ0) is 23.8. The van der Waals surface area contributed by atoms with Gasteiger partial charge in [-0.15, -0.1) is 0 Å². The second-order valence-corrected chi connectivity index (χ2v) is 9.37. The number of hydrogen-bond donors (Lipinski definition) is 2. The number of nitrogens with zero attached hydrogens (tertiary/aromatic N) is 2. The van der Waals surface area contributed by atoms with E-state index in [4.69, 9.17) is 13.7 Å². The van der Waals surface area contributed by atoms with E-state index in [0.717, 1.165) is 25.9 Å². The summed E-state index contributed by atoms with van der Waals surface area (Å²) in [5, 5.41) is 18.2. The van der Waals surface area contributed by atoms with Crippen molar-refractivity contribution < 1.29 is 49.8 Å². The van der Waals surface area contributed by atoms with Gasteiger partial charge in [0.1, 0.15) is 12.3 Å². The third-order valence-corrected chi connectivity index (χ3v) is 7.10. The summed E-state index contributed by atoms with van der Waals surface area (Å²) < 4.78 is 16.7. The number of piperidine rings is 3. The van der Waals surface area contributed by atoms with Gasteiger partial charge in [-0.2, -0.15) is 0 Å². The SMILES string of the molecule is Cc1cc(NC(=O)C[N+]23CCC(CC2)C(OC(=O)[C@@](O)(c2ccccc2)c2ccoc2)C3)no1.[Br-]. The third-order valence-electron chi connectivity index (χ3n) is 7.10. The van der Waals surface area contributed by atoms with E-state index >= 15 is 0 Å². The Bertz CT molecular complexity index is 1160. The van der Waals surface area contributed by atoms with Gasteiger partial charge >= 0.3 is 5.97 Å². The van der Waals surface area contributed by atoms with Crippen LogP contribution in [0.3, 0.4) is 0 Å². The molecule has 9 nitrogen and oxygen atoms in total. The second kappa shape index (κ2) is 9.96. The number of carbonyl (C=O) groups is 2. The van der Waals surface area contributed by atoms with Gasteiger partial charge in [-0.3, -0.25) is 4.79 Å². The molecule has 10 heteroatoms. The Hall–Kier alpha value is -2.95. The minimum atomic E-state index is -1.98. The van der Waals surface area contributed by atoms with Gasteiger partial charge in [-0.1, -0.05) is 35.5 Å². The van der Waals surface area contributed by atoms with Crippen LogP contribution < -0.4 is 22.3 Å². The Balaban J connectivity index is 0.00000289. The van der Waals surface area contributed by atoms with Gasteiger partial charge in [0.15, 0.2) is 18.5 Å². The summed E-state index contributed by atoms with van der Waals surface area (Å²) in [6, 6.07) is 12.0. The molecule has 2 aromatic heterocycles. The molecule has 1 amide bonds. The molecule has 1 unspecified atom stereocenters. The van der Waals surface area contributed by atoms with E-state index in [1.54, 1.807) is 43.3 Å². The number of carbonyl (C=O) groups excluding carboxylic acids is 2. The Morgan fingerprint density at radius 3 is 2.57 bits per heavy atom. The number of nitrogens with one attached hydrogen (secondary N) is 1. The number of anilines is 1. The van der Waals surface area contributed by atoms with E-state index in [1.807, 2.05) is 6.07 Å². The van der Waals surface area contributed by atoms with Crippen molar-refractivity contribution in [2.75, 3.05) is 31.5 Å². The molecule has 35 heavy (non-hydrogen) atoms. The molecule has 3 fully saturated rings. The summed E-state index contributed by atoms with van der Waals surface area (Å²) >= 11 is 0. The van der Waals surface area contributed by atoms with Gasteiger partial charge < -0.3 is 45.6 Å². The van der Waals surface area contributed by atoms with Crippen LogP contribution in [-0.2, 0) is 19.9 Å². The Labute approximate surface area is 213 Å². The first-order chi connectivity index (χ1) is 16.4. The van der Waals surface area contributed by atoms with E-state index < -0.39 is 11.6 Å². The van der Waals surface area contributed by atoms with Crippen LogP contribution in [0, 0.1) is 12.8 Å². The molecule has 3 aliphatic heterocycles. The highest BCUT2D eigenvalue weighted by atomic mass is 79.9. The summed E-state index contributed by atoms with van der Waals surface area (Å²) in [5.74, 6) is 0.326. The molecule has 3 saturated heterocycles. The molecule has 6 rings (SSSR count). The molecule has 186 valence electrons. The quantitative estimate of drug-likeness (QED) is 0.307. The number of rotatable bonds is 7. The van der Waals surface area contributed by atoms with E-state index in [2.05, 4.69) is 10.5 Å². The molecule has 0 spiro atoms. The van der Waals surface area contributed by atoms with Crippen LogP contribution in [0.25, 0.3) is 0 Å². The van der Waals surface area contributed by atoms with Crippen molar-refractivity contribution in [3.63, 3.8) is 0 Å². The van der Waals surface area contributed by atoms with E-state index in [0.29, 0.717) is 33.7 Å². The first-order valence-corrected chi connectivity index (χ1v) is 11.5. The van der Waals surface area contributed by atoms with E-state index in [1.165, 1.54) is 12.5 Å². The van der Waals surface area contributed by atoms with Crippen LogP contribution in [0.1, 0.15) is 29.7 Å². The normalized spacial score (nSPS) is 24.7. The minimum absolute atomic E-state index is 0. The number of halogens is 1. The lowest BCUT2D eigenvalue weighted by Crippen LogP contribution is -3.00. The number of aliphatic hydroxyl groups is 1. The molecule has 3 aliphatic rings. The number of aryl methyl sites for hydroxylation is 1. The third kappa shape index (κ3) is 4.91. The fraction of sp³-hybridized carbons (Fsp3) is 0.400. The minimum Gasteiger partial charge on any atom is -1.00 e. The highest BCUT2D eigenvalue weighted by molar-refractivity contribution is 5.90. The van der Waals surface area contributed by atoms with E-state index in [9.17, 15) is 14.7 Å². The van der Waals surface area contributed by atoms with Crippen molar-refractivity contribution in [3.8, 4) is 0 Å². The molecule has 3 aromatic rings. The highest BCUT2D eigenvalue weighted by Crippen LogP contribution is 2.38. The van der Waals surface area contributed by atoms with Crippen LogP contribution in [0.2, 0.25) is 0 Å². The van der Waals surface area contributed by atoms with Crippen LogP contribution in [0.5, 0.6) is 0 Å². The molecule has 2 atom stereocenters. The van der Waals surface area contributed by atoms with Crippen molar-refractivity contribution in [2.24, 2.45) is 5.92 Å². The average molecular weight is 546 g/mol. The van der Waals surface area contributed by atoms with Crippen molar-refractivity contribution in [1.29, 1.82) is 0 Å². The molecule has 0 radical (unpaired) electrons. The van der Waals surface area contributed by atoms with Gasteiger partial charge in [0.2, 0.25) is 5.60 Å². The Morgan fingerprint density at radius 1 is 1.20 bits per heavy atom. The maximum Gasteiger partial charge on any atom is 0.348 e. The molecule has 2 bridgehead atoms. The topological polar surface area (TPSA) is 115 Å². The number of fused-ring (bicyclic) bond motifs is 3. The molecule has 5 heterocycles. The lowest BCUT2D eigenvalue weighted by molar-refractivity contribution is -0.939. The van der Waals surface area contributed by atoms with Crippen LogP contribution in [0.15, 0.2) is 63.9 Å². The highest BCUT2D eigenvalue weighted by Gasteiger charge is 2.51. The smallest absolute Gasteiger partial charge is 0.348 e. The zero-order valence-corrected chi connectivity index (χ0v) is 20.9. The molecule has 0 saturated carbocycles. The Morgan fingerprint density at radius 2 is 1.94 bits per heavy atom. The fourth-order valence-corrected chi connectivity index (χ4v) is 5.26. The number of furan rings is 1. The van der Waals surface area contributed by atoms with Crippen molar-refractivity contribution in [3.05, 3.63) is 71.9 Å². The van der Waals surface area contributed by atoms with Gasteiger partial charge in [-0.25, -0.2) is 4.79 Å². The maximum atomic E-state index is 13.5. The van der Waals surface area contributed by atoms with Crippen molar-refractivity contribution >= 4 is 17.7 Å². The molecular weight excluding hydrogens is 518 g/mol. The van der Waals surface area contributed by atoms with Crippen LogP contribution in [0.4, 0.5) is 5.82 Å². The summed E-state index contributed by atoms with van der Waals surface area (Å²) in [6.07, 6.45) is 4.08. The van der Waals surface area contributed by atoms with Crippen molar-refractivity contribution in [2.45, 2.75) is 31.5 Å². The van der Waals surface area contributed by atoms with E-state index in [-0.39, 0.29) is 41.5 Å². The molecular formula is C25H28BrN3O6. The number of ether oxygens (including phenoxy) is 1. The van der Waals surface area contributed by atoms with Gasteiger partial charge in [0, 0.05) is 30.4 Å². The predicted octanol–water partition coefficient (Wildman–Crippen LogP) is -0.393. The summed E-state index contributed by atoms with van der Waals surface area (Å²) in [5.41, 5.74) is -1.25. The van der Waals surface area contributed by atoms with Gasteiger partial charge in [0.05, 0.1) is 25.6 Å². The van der Waals surface area contributed by atoms with Gasteiger partial charge in [0.25, 0.3) is 5.91 Å². The molecule has 0 aliphatic carbocycles. The number of benzene rings is 1.